The van der Waals surface area contributed by atoms with Crippen molar-refractivity contribution in [3.05, 3.63) is 30.1 Å². The first-order valence-electron chi connectivity index (χ1n) is 7.50. The quantitative estimate of drug-likeness (QED) is 0.893. The molecular formula is C16H19FN2O3. The molecule has 1 aromatic rings. The predicted molar refractivity (Wildman–Crippen MR) is 77.7 cm³/mol. The van der Waals surface area contributed by atoms with Gasteiger partial charge in [0, 0.05) is 19.0 Å². The fourth-order valence-electron chi connectivity index (χ4n) is 2.86. The van der Waals surface area contributed by atoms with E-state index in [1.807, 2.05) is 4.90 Å². The summed E-state index contributed by atoms with van der Waals surface area (Å²) in [6.07, 6.45) is 1.37. The average Bonchev–Trinajstić information content (AvgIpc) is 3.09. The van der Waals surface area contributed by atoms with Crippen LogP contribution in [0.15, 0.2) is 24.3 Å². The van der Waals surface area contributed by atoms with E-state index in [2.05, 4.69) is 12.2 Å². The monoisotopic (exact) mass is 306 g/mol. The van der Waals surface area contributed by atoms with Crippen LogP contribution in [0.3, 0.4) is 0 Å². The Morgan fingerprint density at radius 3 is 2.86 bits per heavy atom. The van der Waals surface area contributed by atoms with Gasteiger partial charge >= 0.3 is 0 Å². The van der Waals surface area contributed by atoms with Crippen LogP contribution >= 0.6 is 0 Å². The molecule has 1 aliphatic heterocycles. The molecule has 1 saturated heterocycles. The summed E-state index contributed by atoms with van der Waals surface area (Å²) in [5, 5.41) is 2.78. The summed E-state index contributed by atoms with van der Waals surface area (Å²) in [7, 11) is 0. The number of hydrogen-bond donors (Lipinski definition) is 1. The van der Waals surface area contributed by atoms with E-state index >= 15 is 0 Å². The second kappa shape index (κ2) is 5.94. The maximum absolute atomic E-state index is 13.4. The number of nitrogens with zero attached hydrogens (tertiary/aromatic N) is 1. The number of likely N-dealkylation sites (tertiary alicyclic amines) is 1. The van der Waals surface area contributed by atoms with Gasteiger partial charge in [-0.1, -0.05) is 19.1 Å². The number of amides is 2. The van der Waals surface area contributed by atoms with E-state index in [0.717, 1.165) is 6.42 Å². The molecule has 0 radical (unpaired) electrons. The molecule has 1 N–H and O–H groups in total. The second-order valence-corrected chi connectivity index (χ2v) is 6.01. The van der Waals surface area contributed by atoms with Crippen LogP contribution in [0.25, 0.3) is 0 Å². The van der Waals surface area contributed by atoms with Gasteiger partial charge in [0.25, 0.3) is 5.91 Å². The molecule has 3 atom stereocenters. The molecular weight excluding hydrogens is 287 g/mol. The van der Waals surface area contributed by atoms with Crippen LogP contribution in [0.1, 0.15) is 19.8 Å². The van der Waals surface area contributed by atoms with Gasteiger partial charge < -0.3 is 15.0 Å². The van der Waals surface area contributed by atoms with Crippen molar-refractivity contribution in [3.8, 4) is 5.75 Å². The van der Waals surface area contributed by atoms with E-state index in [1.54, 1.807) is 12.1 Å². The zero-order chi connectivity index (χ0) is 15.7. The maximum Gasteiger partial charge on any atom is 0.258 e. The van der Waals surface area contributed by atoms with Gasteiger partial charge in [0.15, 0.2) is 18.2 Å². The SMILES string of the molecule is C[C@H]1C[C@H]1N1C[C@@H](NC(=O)COc2ccccc2F)CC1=O. The van der Waals surface area contributed by atoms with E-state index in [1.165, 1.54) is 12.1 Å². The Hall–Kier alpha value is -2.11. The van der Waals surface area contributed by atoms with Gasteiger partial charge in [-0.05, 0) is 24.5 Å². The highest BCUT2D eigenvalue weighted by atomic mass is 19.1. The largest absolute Gasteiger partial charge is 0.481 e. The van der Waals surface area contributed by atoms with Crippen LogP contribution in [-0.2, 0) is 9.59 Å². The zero-order valence-corrected chi connectivity index (χ0v) is 12.4. The van der Waals surface area contributed by atoms with Crippen LogP contribution in [-0.4, -0.2) is 41.9 Å². The summed E-state index contributed by atoms with van der Waals surface area (Å²) in [5.41, 5.74) is 0. The molecule has 1 heterocycles. The van der Waals surface area contributed by atoms with E-state index < -0.39 is 5.82 Å². The number of ether oxygens (including phenoxy) is 1. The number of nitrogens with one attached hydrogen (secondary N) is 1. The van der Waals surface area contributed by atoms with Gasteiger partial charge in [-0.15, -0.1) is 0 Å². The van der Waals surface area contributed by atoms with Crippen molar-refractivity contribution in [3.63, 3.8) is 0 Å². The Bertz CT molecular complexity index is 593. The summed E-state index contributed by atoms with van der Waals surface area (Å²) < 4.78 is 18.5. The summed E-state index contributed by atoms with van der Waals surface area (Å²) in [6, 6.07) is 6.09. The van der Waals surface area contributed by atoms with Gasteiger partial charge in [-0.25, -0.2) is 4.39 Å². The van der Waals surface area contributed by atoms with Crippen molar-refractivity contribution in [1.29, 1.82) is 0 Å². The Morgan fingerprint density at radius 2 is 2.18 bits per heavy atom. The van der Waals surface area contributed by atoms with Gasteiger partial charge in [0.05, 0.1) is 6.04 Å². The first-order chi connectivity index (χ1) is 10.5. The van der Waals surface area contributed by atoms with Crippen molar-refractivity contribution in [2.24, 2.45) is 5.92 Å². The second-order valence-electron chi connectivity index (χ2n) is 6.01. The minimum Gasteiger partial charge on any atom is -0.481 e. The fourth-order valence-corrected chi connectivity index (χ4v) is 2.86. The molecule has 0 aromatic heterocycles. The molecule has 22 heavy (non-hydrogen) atoms. The summed E-state index contributed by atoms with van der Waals surface area (Å²) >= 11 is 0. The average molecular weight is 306 g/mol. The highest BCUT2D eigenvalue weighted by Gasteiger charge is 2.44. The number of hydrogen-bond acceptors (Lipinski definition) is 3. The molecule has 0 spiro atoms. The number of benzene rings is 1. The molecule has 2 aliphatic rings. The standard InChI is InChI=1S/C16H19FN2O3/c1-10-6-13(10)19-8-11(7-16(19)21)18-15(20)9-22-14-5-3-2-4-12(14)17/h2-5,10-11,13H,6-9H2,1H3,(H,18,20)/t10-,11-,13+/m0/s1. The smallest absolute Gasteiger partial charge is 0.258 e. The Morgan fingerprint density at radius 1 is 1.45 bits per heavy atom. The normalized spacial score (nSPS) is 26.9. The van der Waals surface area contributed by atoms with Gasteiger partial charge in [-0.3, -0.25) is 9.59 Å². The van der Waals surface area contributed by atoms with Crippen LogP contribution < -0.4 is 10.1 Å². The molecule has 1 saturated carbocycles. The van der Waals surface area contributed by atoms with Crippen molar-refractivity contribution in [2.75, 3.05) is 13.2 Å². The molecule has 2 fully saturated rings. The molecule has 5 nitrogen and oxygen atoms in total. The lowest BCUT2D eigenvalue weighted by atomic mass is 10.2. The third kappa shape index (κ3) is 3.21. The summed E-state index contributed by atoms with van der Waals surface area (Å²) in [6.45, 7) is 2.41. The number of carbonyl (C=O) groups is 2. The lowest BCUT2D eigenvalue weighted by molar-refractivity contribution is -0.128. The van der Waals surface area contributed by atoms with E-state index in [0.29, 0.717) is 24.9 Å². The third-order valence-electron chi connectivity index (χ3n) is 4.19. The van der Waals surface area contributed by atoms with Crippen molar-refractivity contribution < 1.29 is 18.7 Å². The minimum atomic E-state index is -0.500. The third-order valence-corrected chi connectivity index (χ3v) is 4.19. The van der Waals surface area contributed by atoms with Crippen molar-refractivity contribution >= 4 is 11.8 Å². The Balaban J connectivity index is 1.46. The van der Waals surface area contributed by atoms with Crippen molar-refractivity contribution in [2.45, 2.75) is 31.8 Å². The van der Waals surface area contributed by atoms with Gasteiger partial charge in [0.1, 0.15) is 0 Å². The molecule has 1 aromatic carbocycles. The maximum atomic E-state index is 13.4. The van der Waals surface area contributed by atoms with Crippen LogP contribution in [0.5, 0.6) is 5.75 Å². The molecule has 118 valence electrons. The van der Waals surface area contributed by atoms with Gasteiger partial charge in [0.2, 0.25) is 5.91 Å². The van der Waals surface area contributed by atoms with Crippen LogP contribution in [0.4, 0.5) is 4.39 Å². The van der Waals surface area contributed by atoms with Crippen LogP contribution in [0.2, 0.25) is 0 Å². The highest BCUT2D eigenvalue weighted by molar-refractivity contribution is 5.83. The van der Waals surface area contributed by atoms with Crippen molar-refractivity contribution in [1.82, 2.24) is 10.2 Å². The number of para-hydroxylation sites is 1. The zero-order valence-electron chi connectivity index (χ0n) is 12.4. The van der Waals surface area contributed by atoms with E-state index in [-0.39, 0.29) is 30.2 Å². The number of halogens is 1. The Kier molecular flexibility index (Phi) is 4.00. The van der Waals surface area contributed by atoms with E-state index in [9.17, 15) is 14.0 Å². The lowest BCUT2D eigenvalue weighted by Gasteiger charge is -2.17. The summed E-state index contributed by atoms with van der Waals surface area (Å²) in [4.78, 5) is 25.6. The molecule has 1 aliphatic carbocycles. The predicted octanol–water partition coefficient (Wildman–Crippen LogP) is 1.33. The fraction of sp³-hybridized carbons (Fsp3) is 0.500. The first kappa shape index (κ1) is 14.8. The molecule has 3 rings (SSSR count). The molecule has 0 bridgehead atoms. The van der Waals surface area contributed by atoms with Crippen LogP contribution in [0, 0.1) is 11.7 Å². The Labute approximate surface area is 128 Å². The number of rotatable bonds is 5. The minimum absolute atomic E-state index is 0.0496. The molecule has 0 unspecified atom stereocenters. The molecule has 6 heteroatoms. The first-order valence-corrected chi connectivity index (χ1v) is 7.50. The number of carbonyl (C=O) groups excluding carboxylic acids is 2. The highest BCUT2D eigenvalue weighted by Crippen LogP contribution is 2.37. The summed E-state index contributed by atoms with van der Waals surface area (Å²) in [5.74, 6) is -0.141. The van der Waals surface area contributed by atoms with E-state index in [4.69, 9.17) is 4.74 Å². The topological polar surface area (TPSA) is 58.6 Å². The molecule has 2 amide bonds. The lowest BCUT2D eigenvalue weighted by Crippen LogP contribution is -2.40. The van der Waals surface area contributed by atoms with Gasteiger partial charge in [-0.2, -0.15) is 0 Å².